The molecule has 0 saturated carbocycles. The van der Waals surface area contributed by atoms with Crippen LogP contribution in [0.1, 0.15) is 6.42 Å². The minimum atomic E-state index is 0.606. The maximum absolute atomic E-state index is 8.50. The zero-order valence-corrected chi connectivity index (χ0v) is 10.8. The summed E-state index contributed by atoms with van der Waals surface area (Å²) in [4.78, 5) is 0. The summed E-state index contributed by atoms with van der Waals surface area (Å²) in [5, 5.41) is 12.8. The molecule has 0 radical (unpaired) electrons. The zero-order valence-electron chi connectivity index (χ0n) is 9.33. The molecule has 0 atom stereocenters. The first kappa shape index (κ1) is 14.2. The molecule has 17 heavy (non-hydrogen) atoms. The third-order valence-electron chi connectivity index (χ3n) is 2.08. The number of benzene rings is 1. The predicted molar refractivity (Wildman–Crippen MR) is 70.6 cm³/mol. The molecule has 5 heteroatoms. The van der Waals surface area contributed by atoms with Crippen molar-refractivity contribution < 1.29 is 9.84 Å². The molecule has 1 aliphatic heterocycles. The van der Waals surface area contributed by atoms with Crippen molar-refractivity contribution in [1.29, 1.82) is 0 Å². The van der Waals surface area contributed by atoms with Crippen LogP contribution in [0.5, 0.6) is 0 Å². The number of nitrogens with one attached hydrogen (secondary N) is 1. The normalized spacial score (nSPS) is 17.6. The molecular formula is C12H15Cl2NO2. The summed E-state index contributed by atoms with van der Waals surface area (Å²) in [5.41, 5.74) is 0. The van der Waals surface area contributed by atoms with Gasteiger partial charge in [-0.05, 0) is 12.1 Å². The summed E-state index contributed by atoms with van der Waals surface area (Å²) >= 11 is 11.2. The van der Waals surface area contributed by atoms with E-state index in [2.05, 4.69) is 5.32 Å². The van der Waals surface area contributed by atoms with Crippen molar-refractivity contribution in [2.45, 2.75) is 6.42 Å². The average molecular weight is 276 g/mol. The topological polar surface area (TPSA) is 41.5 Å². The van der Waals surface area contributed by atoms with Gasteiger partial charge in [0.1, 0.15) is 18.6 Å². The predicted octanol–water partition coefficient (Wildman–Crippen LogP) is 3.39. The molecule has 1 aromatic carbocycles. The SMILES string of the molecule is Clc1ccccc1Cl.O/C=C1/CCNCCO1. The molecule has 1 heterocycles. The van der Waals surface area contributed by atoms with Gasteiger partial charge in [0.15, 0.2) is 0 Å². The molecule has 0 aromatic heterocycles. The monoisotopic (exact) mass is 275 g/mol. The summed E-state index contributed by atoms with van der Waals surface area (Å²) in [6.07, 6.45) is 1.82. The molecular weight excluding hydrogens is 261 g/mol. The van der Waals surface area contributed by atoms with Gasteiger partial charge in [-0.25, -0.2) is 0 Å². The van der Waals surface area contributed by atoms with Gasteiger partial charge >= 0.3 is 0 Å². The fourth-order valence-electron chi connectivity index (χ4n) is 1.20. The van der Waals surface area contributed by atoms with E-state index in [1.807, 2.05) is 12.1 Å². The number of aliphatic hydroxyl groups is 1. The number of halogens is 2. The molecule has 1 aromatic rings. The highest BCUT2D eigenvalue weighted by molar-refractivity contribution is 6.41. The lowest BCUT2D eigenvalue weighted by molar-refractivity contribution is 0.208. The van der Waals surface area contributed by atoms with E-state index in [9.17, 15) is 0 Å². The standard InChI is InChI=1S/C6H4Cl2.C6H11NO2/c7-5-3-1-2-4-6(5)8;8-5-6-1-2-7-3-4-9-6/h1-4H;5,7-8H,1-4H2/b;6-5-. The maximum Gasteiger partial charge on any atom is 0.131 e. The Hall–Kier alpha value is -0.900. The summed E-state index contributed by atoms with van der Waals surface area (Å²) in [6, 6.07) is 7.19. The molecule has 0 unspecified atom stereocenters. The van der Waals surface area contributed by atoms with Gasteiger partial charge in [-0.15, -0.1) is 0 Å². The molecule has 2 N–H and O–H groups in total. The Balaban J connectivity index is 0.000000171. The molecule has 2 rings (SSSR count). The first-order chi connectivity index (χ1) is 8.24. The van der Waals surface area contributed by atoms with Crippen molar-refractivity contribution in [2.24, 2.45) is 0 Å². The highest BCUT2D eigenvalue weighted by Gasteiger charge is 2.02. The van der Waals surface area contributed by atoms with E-state index in [1.165, 1.54) is 0 Å². The van der Waals surface area contributed by atoms with Gasteiger partial charge in [0, 0.05) is 19.5 Å². The minimum Gasteiger partial charge on any atom is -0.512 e. The van der Waals surface area contributed by atoms with E-state index < -0.39 is 0 Å². The first-order valence-electron chi connectivity index (χ1n) is 5.31. The second kappa shape index (κ2) is 8.23. The Bertz CT molecular complexity index is 338. The number of hydrogen-bond donors (Lipinski definition) is 2. The zero-order chi connectivity index (χ0) is 12.5. The molecule has 94 valence electrons. The average Bonchev–Trinajstić information content (AvgIpc) is 2.62. The maximum atomic E-state index is 8.50. The van der Waals surface area contributed by atoms with Gasteiger partial charge in [0.2, 0.25) is 0 Å². The summed E-state index contributed by atoms with van der Waals surface area (Å²) < 4.78 is 5.10. The number of hydrogen-bond acceptors (Lipinski definition) is 3. The van der Waals surface area contributed by atoms with Crippen LogP contribution in [0, 0.1) is 0 Å². The van der Waals surface area contributed by atoms with E-state index in [0.29, 0.717) is 22.4 Å². The number of aliphatic hydroxyl groups excluding tert-OH is 1. The van der Waals surface area contributed by atoms with Gasteiger partial charge in [-0.1, -0.05) is 35.3 Å². The Morgan fingerprint density at radius 3 is 2.35 bits per heavy atom. The Labute approximate surface area is 111 Å². The smallest absolute Gasteiger partial charge is 0.131 e. The van der Waals surface area contributed by atoms with Crippen LogP contribution in [0.2, 0.25) is 10.0 Å². The van der Waals surface area contributed by atoms with Crippen molar-refractivity contribution in [1.82, 2.24) is 5.32 Å². The van der Waals surface area contributed by atoms with E-state index in [0.717, 1.165) is 25.8 Å². The first-order valence-corrected chi connectivity index (χ1v) is 6.06. The lowest BCUT2D eigenvalue weighted by atomic mass is 10.4. The van der Waals surface area contributed by atoms with Gasteiger partial charge in [0.05, 0.1) is 10.0 Å². The fraction of sp³-hybridized carbons (Fsp3) is 0.333. The van der Waals surface area contributed by atoms with Crippen molar-refractivity contribution in [3.63, 3.8) is 0 Å². The Morgan fingerprint density at radius 1 is 1.18 bits per heavy atom. The quantitative estimate of drug-likeness (QED) is 0.714. The van der Waals surface area contributed by atoms with Crippen LogP contribution in [0.15, 0.2) is 36.3 Å². The summed E-state index contributed by atoms with van der Waals surface area (Å²) in [5.74, 6) is 0.681. The van der Waals surface area contributed by atoms with E-state index >= 15 is 0 Å². The van der Waals surface area contributed by atoms with Crippen molar-refractivity contribution >= 4 is 23.2 Å². The van der Waals surface area contributed by atoms with Crippen LogP contribution >= 0.6 is 23.2 Å². The Kier molecular flexibility index (Phi) is 6.86. The van der Waals surface area contributed by atoms with Crippen LogP contribution < -0.4 is 5.32 Å². The van der Waals surface area contributed by atoms with Gasteiger partial charge in [-0.3, -0.25) is 0 Å². The molecule has 0 bridgehead atoms. The van der Waals surface area contributed by atoms with Crippen LogP contribution in [-0.4, -0.2) is 24.8 Å². The summed E-state index contributed by atoms with van der Waals surface area (Å²) in [7, 11) is 0. The Morgan fingerprint density at radius 2 is 1.82 bits per heavy atom. The minimum absolute atomic E-state index is 0.606. The largest absolute Gasteiger partial charge is 0.512 e. The highest BCUT2D eigenvalue weighted by Crippen LogP contribution is 2.19. The van der Waals surface area contributed by atoms with E-state index in [1.54, 1.807) is 12.1 Å². The van der Waals surface area contributed by atoms with Crippen molar-refractivity contribution in [3.8, 4) is 0 Å². The van der Waals surface area contributed by atoms with Gasteiger partial charge in [0.25, 0.3) is 0 Å². The van der Waals surface area contributed by atoms with Crippen LogP contribution in [0.4, 0.5) is 0 Å². The van der Waals surface area contributed by atoms with Gasteiger partial charge in [-0.2, -0.15) is 0 Å². The number of rotatable bonds is 0. The van der Waals surface area contributed by atoms with Crippen molar-refractivity contribution in [3.05, 3.63) is 46.3 Å². The third kappa shape index (κ3) is 5.82. The van der Waals surface area contributed by atoms with E-state index in [4.69, 9.17) is 33.0 Å². The molecule has 1 fully saturated rings. The molecule has 1 saturated heterocycles. The number of ether oxygens (including phenoxy) is 1. The molecule has 1 aliphatic rings. The molecule has 0 spiro atoms. The molecule has 0 aliphatic carbocycles. The lowest BCUT2D eigenvalue weighted by Gasteiger charge is -2.00. The molecule has 0 amide bonds. The third-order valence-corrected chi connectivity index (χ3v) is 2.84. The van der Waals surface area contributed by atoms with Crippen LogP contribution in [-0.2, 0) is 4.74 Å². The summed E-state index contributed by atoms with van der Waals surface area (Å²) in [6.45, 7) is 2.43. The second-order valence-electron chi connectivity index (χ2n) is 3.36. The fourth-order valence-corrected chi connectivity index (χ4v) is 1.48. The van der Waals surface area contributed by atoms with Crippen molar-refractivity contribution in [2.75, 3.05) is 19.7 Å². The second-order valence-corrected chi connectivity index (χ2v) is 4.17. The van der Waals surface area contributed by atoms with E-state index in [-0.39, 0.29) is 0 Å². The highest BCUT2D eigenvalue weighted by atomic mass is 35.5. The van der Waals surface area contributed by atoms with Crippen LogP contribution in [0.3, 0.4) is 0 Å². The lowest BCUT2D eigenvalue weighted by Crippen LogP contribution is -2.15. The molecule has 3 nitrogen and oxygen atoms in total. The van der Waals surface area contributed by atoms with Gasteiger partial charge < -0.3 is 15.2 Å². The van der Waals surface area contributed by atoms with Crippen LogP contribution in [0.25, 0.3) is 0 Å².